The molecule has 0 aliphatic heterocycles. The fourth-order valence-electron chi connectivity index (χ4n) is 1.74. The second-order valence-corrected chi connectivity index (χ2v) is 6.09. The first kappa shape index (κ1) is 15.5. The van der Waals surface area contributed by atoms with Crippen LogP contribution in [-0.4, -0.2) is 19.2 Å². The van der Waals surface area contributed by atoms with Crippen LogP contribution < -0.4 is 0 Å². The normalized spacial score (nSPS) is 11.0. The van der Waals surface area contributed by atoms with E-state index in [9.17, 15) is 0 Å². The number of benzene rings is 1. The number of methoxy groups -OCH3 is 2. The summed E-state index contributed by atoms with van der Waals surface area (Å²) in [4.78, 5) is 5.56. The van der Waals surface area contributed by atoms with Crippen molar-refractivity contribution >= 4 is 27.7 Å². The predicted molar refractivity (Wildman–Crippen MR) is 84.7 cm³/mol. The number of hydrogen-bond donors (Lipinski definition) is 0. The summed E-state index contributed by atoms with van der Waals surface area (Å²) in [5, 5.41) is 0. The third-order valence-electron chi connectivity index (χ3n) is 2.76. The summed E-state index contributed by atoms with van der Waals surface area (Å²) in [7, 11) is 3.27. The lowest BCUT2D eigenvalue weighted by Gasteiger charge is -2.13. The molecule has 0 atom stereocenters. The quantitative estimate of drug-likeness (QED) is 0.567. The van der Waals surface area contributed by atoms with E-state index in [4.69, 9.17) is 9.47 Å². The van der Waals surface area contributed by atoms with Crippen molar-refractivity contribution in [2.75, 3.05) is 14.2 Å². The fraction of sp³-hybridized carbons (Fsp3) is 0.267. The third kappa shape index (κ3) is 4.31. The van der Waals surface area contributed by atoms with Crippen LogP contribution >= 0.6 is 27.7 Å². The molecule has 0 radical (unpaired) electrons. The molecule has 0 N–H and O–H groups in total. The second-order valence-electron chi connectivity index (χ2n) is 4.13. The van der Waals surface area contributed by atoms with Crippen molar-refractivity contribution in [2.45, 2.75) is 16.9 Å². The number of thioether (sulfide) groups is 1. The van der Waals surface area contributed by atoms with Gasteiger partial charge in [0, 0.05) is 41.1 Å². The number of hydrogen-bond acceptors (Lipinski definition) is 4. The Labute approximate surface area is 131 Å². The Morgan fingerprint density at radius 1 is 1.10 bits per heavy atom. The summed E-state index contributed by atoms with van der Waals surface area (Å²) in [6.45, 7) is 0. The Balaban J connectivity index is 1.95. The second kappa shape index (κ2) is 7.78. The van der Waals surface area contributed by atoms with E-state index < -0.39 is 0 Å². The molecule has 0 aliphatic rings. The molecule has 0 fully saturated rings. The minimum Gasteiger partial charge on any atom is -0.352 e. The molecular formula is C15H16BrNO2S. The fourth-order valence-corrected chi connectivity index (χ4v) is 2.79. The Bertz CT molecular complexity index is 527. The van der Waals surface area contributed by atoms with Crippen LogP contribution in [0.3, 0.4) is 0 Å². The molecule has 106 valence electrons. The molecule has 0 saturated heterocycles. The zero-order valence-electron chi connectivity index (χ0n) is 11.4. The highest BCUT2D eigenvalue weighted by molar-refractivity contribution is 9.10. The summed E-state index contributed by atoms with van der Waals surface area (Å²) in [5.41, 5.74) is 2.08. The van der Waals surface area contributed by atoms with Gasteiger partial charge >= 0.3 is 0 Å². The summed E-state index contributed by atoms with van der Waals surface area (Å²) in [6.07, 6.45) is 1.52. The third-order valence-corrected chi connectivity index (χ3v) is 4.27. The Hall–Kier alpha value is -0.880. The van der Waals surface area contributed by atoms with Gasteiger partial charge in [-0.05, 0) is 40.2 Å². The van der Waals surface area contributed by atoms with Gasteiger partial charge in [-0.2, -0.15) is 0 Å². The first-order valence-corrected chi connectivity index (χ1v) is 7.89. The van der Waals surface area contributed by atoms with Crippen LogP contribution in [-0.2, 0) is 15.2 Å². The van der Waals surface area contributed by atoms with E-state index in [2.05, 4.69) is 33.0 Å². The van der Waals surface area contributed by atoms with Crippen molar-refractivity contribution in [2.24, 2.45) is 0 Å². The van der Waals surface area contributed by atoms with Crippen molar-refractivity contribution in [3.63, 3.8) is 0 Å². The minimum absolute atomic E-state index is 0.304. The Morgan fingerprint density at radius 2 is 1.80 bits per heavy atom. The summed E-state index contributed by atoms with van der Waals surface area (Å²) >= 11 is 5.14. The lowest BCUT2D eigenvalue weighted by molar-refractivity contribution is -0.106. The van der Waals surface area contributed by atoms with Gasteiger partial charge in [-0.25, -0.2) is 0 Å². The maximum Gasteiger partial charge on any atom is 0.183 e. The van der Waals surface area contributed by atoms with Crippen molar-refractivity contribution in [1.29, 1.82) is 0 Å². The Kier molecular flexibility index (Phi) is 6.04. The molecule has 0 spiro atoms. The molecule has 5 heteroatoms. The van der Waals surface area contributed by atoms with E-state index in [1.807, 2.05) is 30.5 Å². The Morgan fingerprint density at radius 3 is 2.35 bits per heavy atom. The van der Waals surface area contributed by atoms with Crippen LogP contribution in [0, 0.1) is 0 Å². The smallest absolute Gasteiger partial charge is 0.183 e. The molecule has 0 saturated carbocycles. The standard InChI is InChI=1S/C15H16BrNO2S/c1-18-15(19-2)11-3-7-14(8-4-11)20-10-13-6-5-12(16)9-17-13/h3-9,15H,10H2,1-2H3. The minimum atomic E-state index is -0.304. The molecule has 0 unspecified atom stereocenters. The maximum atomic E-state index is 5.22. The average molecular weight is 354 g/mol. The highest BCUT2D eigenvalue weighted by Gasteiger charge is 2.08. The number of rotatable bonds is 6. The van der Waals surface area contributed by atoms with Gasteiger partial charge in [0.25, 0.3) is 0 Å². The molecular weight excluding hydrogens is 338 g/mol. The van der Waals surface area contributed by atoms with E-state index in [0.29, 0.717) is 0 Å². The van der Waals surface area contributed by atoms with E-state index in [1.54, 1.807) is 26.0 Å². The molecule has 2 rings (SSSR count). The van der Waals surface area contributed by atoms with Crippen LogP contribution in [0.2, 0.25) is 0 Å². The van der Waals surface area contributed by atoms with E-state index in [0.717, 1.165) is 21.5 Å². The maximum absolute atomic E-state index is 5.22. The van der Waals surface area contributed by atoms with Gasteiger partial charge in [0.05, 0.1) is 5.69 Å². The zero-order chi connectivity index (χ0) is 14.4. The van der Waals surface area contributed by atoms with Crippen LogP contribution in [0.4, 0.5) is 0 Å². The van der Waals surface area contributed by atoms with Crippen LogP contribution in [0.5, 0.6) is 0 Å². The molecule has 20 heavy (non-hydrogen) atoms. The lowest BCUT2D eigenvalue weighted by Crippen LogP contribution is -2.02. The first-order valence-electron chi connectivity index (χ1n) is 6.11. The van der Waals surface area contributed by atoms with Crippen LogP contribution in [0.15, 0.2) is 52.0 Å². The molecule has 3 nitrogen and oxygen atoms in total. The molecule has 1 heterocycles. The van der Waals surface area contributed by atoms with E-state index >= 15 is 0 Å². The monoisotopic (exact) mass is 353 g/mol. The van der Waals surface area contributed by atoms with Gasteiger partial charge in [0.15, 0.2) is 6.29 Å². The van der Waals surface area contributed by atoms with Gasteiger partial charge in [0.2, 0.25) is 0 Å². The topological polar surface area (TPSA) is 31.4 Å². The zero-order valence-corrected chi connectivity index (χ0v) is 13.8. The van der Waals surface area contributed by atoms with Crippen LogP contribution in [0.25, 0.3) is 0 Å². The van der Waals surface area contributed by atoms with E-state index in [1.165, 1.54) is 4.90 Å². The van der Waals surface area contributed by atoms with Crippen LogP contribution in [0.1, 0.15) is 17.5 Å². The largest absolute Gasteiger partial charge is 0.352 e. The highest BCUT2D eigenvalue weighted by atomic mass is 79.9. The van der Waals surface area contributed by atoms with Crippen molar-refractivity contribution in [3.8, 4) is 0 Å². The number of pyridine rings is 1. The highest BCUT2D eigenvalue weighted by Crippen LogP contribution is 2.25. The predicted octanol–water partition coefficient (Wildman–Crippen LogP) is 4.43. The van der Waals surface area contributed by atoms with Crippen molar-refractivity contribution < 1.29 is 9.47 Å². The number of nitrogens with zero attached hydrogens (tertiary/aromatic N) is 1. The lowest BCUT2D eigenvalue weighted by atomic mass is 10.2. The number of aromatic nitrogens is 1. The summed E-state index contributed by atoms with van der Waals surface area (Å²) in [5.74, 6) is 0.852. The SMILES string of the molecule is COC(OC)c1ccc(SCc2ccc(Br)cn2)cc1. The van der Waals surface area contributed by atoms with Gasteiger partial charge in [-0.3, -0.25) is 4.98 Å². The molecule has 0 amide bonds. The van der Waals surface area contributed by atoms with Gasteiger partial charge in [-0.15, -0.1) is 11.8 Å². The van der Waals surface area contributed by atoms with Gasteiger partial charge < -0.3 is 9.47 Å². The van der Waals surface area contributed by atoms with Crippen molar-refractivity contribution in [1.82, 2.24) is 4.98 Å². The average Bonchev–Trinajstić information content (AvgIpc) is 2.49. The number of halogens is 1. The number of ether oxygens (including phenoxy) is 2. The van der Waals surface area contributed by atoms with Crippen molar-refractivity contribution in [3.05, 3.63) is 58.3 Å². The first-order chi connectivity index (χ1) is 9.72. The molecule has 1 aromatic carbocycles. The summed E-state index contributed by atoms with van der Waals surface area (Å²) < 4.78 is 11.4. The molecule has 0 aliphatic carbocycles. The van der Waals surface area contributed by atoms with Gasteiger partial charge in [0.1, 0.15) is 0 Å². The molecule has 1 aromatic heterocycles. The summed E-state index contributed by atoms with van der Waals surface area (Å²) in [6, 6.07) is 12.2. The molecule has 2 aromatic rings. The van der Waals surface area contributed by atoms with E-state index in [-0.39, 0.29) is 6.29 Å². The van der Waals surface area contributed by atoms with Gasteiger partial charge in [-0.1, -0.05) is 12.1 Å². The molecule has 0 bridgehead atoms.